The smallest absolute Gasteiger partial charge is 0.158 e. The highest BCUT2D eigenvalue weighted by atomic mass is 16.5. The van der Waals surface area contributed by atoms with E-state index in [-0.39, 0.29) is 0 Å². The van der Waals surface area contributed by atoms with Gasteiger partial charge in [-0.2, -0.15) is 0 Å². The van der Waals surface area contributed by atoms with Gasteiger partial charge in [-0.05, 0) is 20.3 Å². The molecule has 0 spiro atoms. The first-order valence-electron chi connectivity index (χ1n) is 6.03. The Labute approximate surface area is 103 Å². The first kappa shape index (κ1) is 13.7. The van der Waals surface area contributed by atoms with Crippen molar-refractivity contribution in [1.29, 1.82) is 0 Å². The molecule has 0 aliphatic heterocycles. The van der Waals surface area contributed by atoms with Crippen LogP contribution in [0.5, 0.6) is 0 Å². The van der Waals surface area contributed by atoms with Crippen LogP contribution in [0.1, 0.15) is 33.0 Å². The van der Waals surface area contributed by atoms with Gasteiger partial charge in [-0.15, -0.1) is 0 Å². The minimum Gasteiger partial charge on any atom is -0.377 e. The molecule has 0 bridgehead atoms. The summed E-state index contributed by atoms with van der Waals surface area (Å²) in [6.07, 6.45) is 1.07. The summed E-state index contributed by atoms with van der Waals surface area (Å²) in [4.78, 5) is 8.76. The molecule has 0 aromatic carbocycles. The first-order valence-corrected chi connectivity index (χ1v) is 6.03. The molecule has 1 rings (SSSR count). The van der Waals surface area contributed by atoms with Crippen molar-refractivity contribution < 1.29 is 4.74 Å². The quantitative estimate of drug-likeness (QED) is 0.763. The van der Waals surface area contributed by atoms with E-state index in [2.05, 4.69) is 41.4 Å². The van der Waals surface area contributed by atoms with Crippen molar-refractivity contribution in [2.24, 2.45) is 0 Å². The van der Waals surface area contributed by atoms with E-state index >= 15 is 0 Å². The molecule has 2 N–H and O–H groups in total. The Bertz CT molecular complexity index is 341. The van der Waals surface area contributed by atoms with Gasteiger partial charge in [0.05, 0.1) is 0 Å². The maximum atomic E-state index is 5.07. The predicted molar refractivity (Wildman–Crippen MR) is 70.3 cm³/mol. The van der Waals surface area contributed by atoms with Crippen LogP contribution < -0.4 is 10.6 Å². The van der Waals surface area contributed by atoms with Crippen LogP contribution in [0.2, 0.25) is 0 Å². The predicted octanol–water partition coefficient (Wildman–Crippen LogP) is 2.27. The number of nitrogens with one attached hydrogen (secondary N) is 2. The second-order valence-electron chi connectivity index (χ2n) is 4.21. The van der Waals surface area contributed by atoms with Crippen LogP contribution in [0.4, 0.5) is 11.6 Å². The van der Waals surface area contributed by atoms with Crippen molar-refractivity contribution in [2.45, 2.75) is 39.8 Å². The first-order chi connectivity index (χ1) is 8.15. The summed E-state index contributed by atoms with van der Waals surface area (Å²) >= 11 is 0. The summed E-state index contributed by atoms with van der Waals surface area (Å²) in [6.45, 7) is 7.62. The summed E-state index contributed by atoms with van der Waals surface area (Å²) in [7, 11) is 1.64. The summed E-state index contributed by atoms with van der Waals surface area (Å²) in [5.41, 5.74) is 0. The lowest BCUT2D eigenvalue weighted by Crippen LogP contribution is -2.14. The van der Waals surface area contributed by atoms with Crippen LogP contribution >= 0.6 is 0 Å². The van der Waals surface area contributed by atoms with E-state index in [4.69, 9.17) is 4.74 Å². The van der Waals surface area contributed by atoms with E-state index in [1.807, 2.05) is 6.07 Å². The van der Waals surface area contributed by atoms with Gasteiger partial charge in [-0.25, -0.2) is 9.97 Å². The van der Waals surface area contributed by atoms with E-state index < -0.39 is 0 Å². The molecule has 17 heavy (non-hydrogen) atoms. The van der Waals surface area contributed by atoms with Crippen molar-refractivity contribution >= 4 is 11.6 Å². The molecular weight excluding hydrogens is 216 g/mol. The Hall–Kier alpha value is -1.36. The van der Waals surface area contributed by atoms with Crippen LogP contribution in [0.15, 0.2) is 6.07 Å². The average Bonchev–Trinajstić information content (AvgIpc) is 2.25. The van der Waals surface area contributed by atoms with Gasteiger partial charge in [0.1, 0.15) is 18.2 Å². The molecule has 0 saturated carbocycles. The Morgan fingerprint density at radius 1 is 1.29 bits per heavy atom. The molecule has 0 saturated heterocycles. The molecule has 1 aromatic heterocycles. The zero-order valence-corrected chi connectivity index (χ0v) is 11.1. The molecule has 0 aliphatic rings. The van der Waals surface area contributed by atoms with Gasteiger partial charge < -0.3 is 15.4 Å². The van der Waals surface area contributed by atoms with E-state index in [1.54, 1.807) is 7.11 Å². The van der Waals surface area contributed by atoms with E-state index in [0.717, 1.165) is 24.6 Å². The zero-order chi connectivity index (χ0) is 12.7. The standard InChI is InChI=1S/C12H22N4O/c1-5-6-13-10-7-11(14-9(2)3)16-12(15-10)8-17-4/h7,9H,5-6,8H2,1-4H3,(H2,13,14,15,16). The van der Waals surface area contributed by atoms with Gasteiger partial charge >= 0.3 is 0 Å². The number of nitrogens with zero attached hydrogens (tertiary/aromatic N) is 2. The lowest BCUT2D eigenvalue weighted by Gasteiger charge is -2.12. The molecule has 96 valence electrons. The molecule has 1 heterocycles. The maximum Gasteiger partial charge on any atom is 0.158 e. The van der Waals surface area contributed by atoms with E-state index in [0.29, 0.717) is 18.5 Å². The monoisotopic (exact) mass is 238 g/mol. The average molecular weight is 238 g/mol. The van der Waals surface area contributed by atoms with Crippen LogP contribution in [0.25, 0.3) is 0 Å². The molecule has 0 aliphatic carbocycles. The number of aromatic nitrogens is 2. The van der Waals surface area contributed by atoms with Gasteiger partial charge in [0.15, 0.2) is 5.82 Å². The Balaban J connectivity index is 2.84. The summed E-state index contributed by atoms with van der Waals surface area (Å²) in [5.74, 6) is 2.37. The topological polar surface area (TPSA) is 59.1 Å². The summed E-state index contributed by atoms with van der Waals surface area (Å²) in [5, 5.41) is 6.53. The molecule has 0 fully saturated rings. The second-order valence-corrected chi connectivity index (χ2v) is 4.21. The largest absolute Gasteiger partial charge is 0.377 e. The van der Waals surface area contributed by atoms with E-state index in [1.165, 1.54) is 0 Å². The number of hydrogen-bond donors (Lipinski definition) is 2. The third-order valence-electron chi connectivity index (χ3n) is 2.04. The molecule has 0 unspecified atom stereocenters. The SMILES string of the molecule is CCCNc1cc(NC(C)C)nc(COC)n1. The lowest BCUT2D eigenvalue weighted by molar-refractivity contribution is 0.178. The van der Waals surface area contributed by atoms with Gasteiger partial charge in [-0.3, -0.25) is 0 Å². The van der Waals surface area contributed by atoms with Crippen molar-refractivity contribution in [1.82, 2.24) is 9.97 Å². The van der Waals surface area contributed by atoms with Crippen LogP contribution in [-0.4, -0.2) is 29.7 Å². The van der Waals surface area contributed by atoms with Gasteiger partial charge in [0.25, 0.3) is 0 Å². The fraction of sp³-hybridized carbons (Fsp3) is 0.667. The highest BCUT2D eigenvalue weighted by molar-refractivity contribution is 5.47. The zero-order valence-electron chi connectivity index (χ0n) is 11.1. The molecule has 1 aromatic rings. The summed E-state index contributed by atoms with van der Waals surface area (Å²) < 4.78 is 5.07. The number of anilines is 2. The minimum atomic E-state index is 0.347. The third-order valence-corrected chi connectivity index (χ3v) is 2.04. The third kappa shape index (κ3) is 4.99. The number of rotatable bonds is 7. The van der Waals surface area contributed by atoms with Crippen molar-refractivity contribution in [3.63, 3.8) is 0 Å². The number of methoxy groups -OCH3 is 1. The highest BCUT2D eigenvalue weighted by Crippen LogP contribution is 2.13. The molecule has 5 nitrogen and oxygen atoms in total. The van der Waals surface area contributed by atoms with Crippen molar-refractivity contribution in [3.05, 3.63) is 11.9 Å². The van der Waals surface area contributed by atoms with Crippen LogP contribution in [0, 0.1) is 0 Å². The van der Waals surface area contributed by atoms with E-state index in [9.17, 15) is 0 Å². The van der Waals surface area contributed by atoms with Gasteiger partial charge in [0, 0.05) is 25.8 Å². The normalized spacial score (nSPS) is 10.6. The fourth-order valence-corrected chi connectivity index (χ4v) is 1.40. The number of ether oxygens (including phenoxy) is 1. The molecule has 0 atom stereocenters. The highest BCUT2D eigenvalue weighted by Gasteiger charge is 2.05. The second kappa shape index (κ2) is 7.06. The Morgan fingerprint density at radius 2 is 2.00 bits per heavy atom. The minimum absolute atomic E-state index is 0.347. The van der Waals surface area contributed by atoms with Crippen molar-refractivity contribution in [2.75, 3.05) is 24.3 Å². The molecule has 5 heteroatoms. The van der Waals surface area contributed by atoms with Gasteiger partial charge in [0.2, 0.25) is 0 Å². The van der Waals surface area contributed by atoms with Crippen molar-refractivity contribution in [3.8, 4) is 0 Å². The van der Waals surface area contributed by atoms with Crippen LogP contribution in [-0.2, 0) is 11.3 Å². The Kier molecular flexibility index (Phi) is 5.69. The molecule has 0 radical (unpaired) electrons. The van der Waals surface area contributed by atoms with Gasteiger partial charge in [-0.1, -0.05) is 6.92 Å². The summed E-state index contributed by atoms with van der Waals surface area (Å²) in [6, 6.07) is 2.27. The van der Waals surface area contributed by atoms with Crippen LogP contribution in [0.3, 0.4) is 0 Å². The molecular formula is C12H22N4O. The maximum absolute atomic E-state index is 5.07. The lowest BCUT2D eigenvalue weighted by atomic mass is 10.3. The number of hydrogen-bond acceptors (Lipinski definition) is 5. The molecule has 0 amide bonds. The fourth-order valence-electron chi connectivity index (χ4n) is 1.40. The Morgan fingerprint density at radius 3 is 2.59 bits per heavy atom.